The highest BCUT2D eigenvalue weighted by molar-refractivity contribution is 5.02. The average Bonchev–Trinajstić information content (AvgIpc) is 2.33. The summed E-state index contributed by atoms with van der Waals surface area (Å²) in [5.74, 6) is 0. The van der Waals surface area contributed by atoms with Crippen LogP contribution in [0, 0.1) is 0 Å². The molecule has 2 rings (SSSR count). The standard InChI is InChI=1S/C12H20N4/c1-9(12-8-14-6-7-15-12)16-11-5-3-2-4-10(11)13/h6-11,16H,2-5,13H2,1H3. The predicted molar refractivity (Wildman–Crippen MR) is 63.8 cm³/mol. The van der Waals surface area contributed by atoms with Gasteiger partial charge in [0.1, 0.15) is 0 Å². The van der Waals surface area contributed by atoms with Crippen LogP contribution in [0.3, 0.4) is 0 Å². The first-order valence-corrected chi connectivity index (χ1v) is 6.05. The van der Waals surface area contributed by atoms with E-state index >= 15 is 0 Å². The average molecular weight is 220 g/mol. The Kier molecular flexibility index (Phi) is 3.85. The molecule has 0 bridgehead atoms. The van der Waals surface area contributed by atoms with E-state index in [-0.39, 0.29) is 12.1 Å². The maximum Gasteiger partial charge on any atom is 0.0753 e. The van der Waals surface area contributed by atoms with Gasteiger partial charge in [-0.3, -0.25) is 9.97 Å². The second-order valence-electron chi connectivity index (χ2n) is 4.57. The summed E-state index contributed by atoms with van der Waals surface area (Å²) in [6.07, 6.45) is 10.1. The number of nitrogens with one attached hydrogen (secondary N) is 1. The molecule has 0 aromatic carbocycles. The van der Waals surface area contributed by atoms with Crippen molar-refractivity contribution in [3.8, 4) is 0 Å². The number of nitrogens with zero attached hydrogens (tertiary/aromatic N) is 2. The minimum Gasteiger partial charge on any atom is -0.326 e. The summed E-state index contributed by atoms with van der Waals surface area (Å²) < 4.78 is 0. The van der Waals surface area contributed by atoms with Crippen LogP contribution < -0.4 is 11.1 Å². The van der Waals surface area contributed by atoms with Crippen molar-refractivity contribution < 1.29 is 0 Å². The van der Waals surface area contributed by atoms with Crippen LogP contribution in [0.25, 0.3) is 0 Å². The Hall–Kier alpha value is -1.00. The highest BCUT2D eigenvalue weighted by Gasteiger charge is 2.23. The van der Waals surface area contributed by atoms with Gasteiger partial charge < -0.3 is 11.1 Å². The van der Waals surface area contributed by atoms with E-state index in [1.165, 1.54) is 19.3 Å². The lowest BCUT2D eigenvalue weighted by Gasteiger charge is -2.31. The lowest BCUT2D eigenvalue weighted by molar-refractivity contribution is 0.305. The van der Waals surface area contributed by atoms with Gasteiger partial charge in [-0.1, -0.05) is 12.8 Å². The van der Waals surface area contributed by atoms with Crippen molar-refractivity contribution >= 4 is 0 Å². The largest absolute Gasteiger partial charge is 0.326 e. The molecule has 0 amide bonds. The molecule has 4 heteroatoms. The molecule has 1 aliphatic rings. The smallest absolute Gasteiger partial charge is 0.0753 e. The third-order valence-corrected chi connectivity index (χ3v) is 3.31. The third-order valence-electron chi connectivity index (χ3n) is 3.31. The van der Waals surface area contributed by atoms with Crippen molar-refractivity contribution in [3.05, 3.63) is 24.3 Å². The molecule has 1 saturated carbocycles. The summed E-state index contributed by atoms with van der Waals surface area (Å²) in [4.78, 5) is 8.39. The summed E-state index contributed by atoms with van der Waals surface area (Å²) in [7, 11) is 0. The molecule has 1 heterocycles. The molecule has 1 aromatic heterocycles. The van der Waals surface area contributed by atoms with Crippen LogP contribution in [0.2, 0.25) is 0 Å². The monoisotopic (exact) mass is 220 g/mol. The fourth-order valence-corrected chi connectivity index (χ4v) is 2.31. The van der Waals surface area contributed by atoms with Gasteiger partial charge in [0.15, 0.2) is 0 Å². The summed E-state index contributed by atoms with van der Waals surface area (Å²) in [6, 6.07) is 0.932. The van der Waals surface area contributed by atoms with Gasteiger partial charge in [0.05, 0.1) is 5.69 Å². The highest BCUT2D eigenvalue weighted by Crippen LogP contribution is 2.19. The van der Waals surface area contributed by atoms with Crippen molar-refractivity contribution in [2.24, 2.45) is 5.73 Å². The minimum atomic E-state index is 0.225. The molecule has 1 fully saturated rings. The van der Waals surface area contributed by atoms with Crippen molar-refractivity contribution in [1.29, 1.82) is 0 Å². The van der Waals surface area contributed by atoms with Gasteiger partial charge in [-0.15, -0.1) is 0 Å². The number of nitrogens with two attached hydrogens (primary N) is 1. The van der Waals surface area contributed by atoms with Crippen molar-refractivity contribution in [2.45, 2.75) is 50.7 Å². The molecule has 3 unspecified atom stereocenters. The van der Waals surface area contributed by atoms with Crippen LogP contribution in [0.5, 0.6) is 0 Å². The minimum absolute atomic E-state index is 0.225. The molecule has 16 heavy (non-hydrogen) atoms. The zero-order valence-electron chi connectivity index (χ0n) is 9.76. The van der Waals surface area contributed by atoms with Crippen LogP contribution in [-0.2, 0) is 0 Å². The molecular formula is C12H20N4. The zero-order chi connectivity index (χ0) is 11.4. The first-order valence-electron chi connectivity index (χ1n) is 6.05. The summed E-state index contributed by atoms with van der Waals surface area (Å²) in [5.41, 5.74) is 7.09. The molecule has 0 aliphatic heterocycles. The number of hydrogen-bond donors (Lipinski definition) is 2. The second-order valence-corrected chi connectivity index (χ2v) is 4.57. The Morgan fingerprint density at radius 2 is 2.19 bits per heavy atom. The van der Waals surface area contributed by atoms with E-state index in [0.717, 1.165) is 12.1 Å². The van der Waals surface area contributed by atoms with Crippen molar-refractivity contribution in [2.75, 3.05) is 0 Å². The van der Waals surface area contributed by atoms with Gasteiger partial charge in [-0.25, -0.2) is 0 Å². The van der Waals surface area contributed by atoms with E-state index < -0.39 is 0 Å². The molecule has 1 aromatic rings. The summed E-state index contributed by atoms with van der Waals surface area (Å²) >= 11 is 0. The number of hydrogen-bond acceptors (Lipinski definition) is 4. The van der Waals surface area contributed by atoms with Gasteiger partial charge in [0.25, 0.3) is 0 Å². The Labute approximate surface area is 96.7 Å². The van der Waals surface area contributed by atoms with Gasteiger partial charge in [0, 0.05) is 36.7 Å². The lowest BCUT2D eigenvalue weighted by Crippen LogP contribution is -2.47. The zero-order valence-corrected chi connectivity index (χ0v) is 9.76. The third kappa shape index (κ3) is 2.77. The second kappa shape index (κ2) is 5.37. The Balaban J connectivity index is 1.94. The van der Waals surface area contributed by atoms with E-state index in [1.54, 1.807) is 12.4 Å². The SMILES string of the molecule is CC(NC1CCCCC1N)c1cnccn1. The fourth-order valence-electron chi connectivity index (χ4n) is 2.31. The Bertz CT molecular complexity index is 314. The molecular weight excluding hydrogens is 200 g/mol. The van der Waals surface area contributed by atoms with Gasteiger partial charge in [-0.05, 0) is 19.8 Å². The number of aromatic nitrogens is 2. The van der Waals surface area contributed by atoms with E-state index in [0.29, 0.717) is 6.04 Å². The van der Waals surface area contributed by atoms with E-state index in [9.17, 15) is 0 Å². The van der Waals surface area contributed by atoms with Crippen LogP contribution in [0.15, 0.2) is 18.6 Å². The predicted octanol–water partition coefficient (Wildman–Crippen LogP) is 1.40. The molecule has 0 spiro atoms. The lowest BCUT2D eigenvalue weighted by atomic mass is 9.90. The first kappa shape index (κ1) is 11.5. The van der Waals surface area contributed by atoms with Gasteiger partial charge >= 0.3 is 0 Å². The molecule has 4 nitrogen and oxygen atoms in total. The van der Waals surface area contributed by atoms with E-state index in [1.807, 2.05) is 6.20 Å². The Morgan fingerprint density at radius 1 is 1.38 bits per heavy atom. The van der Waals surface area contributed by atoms with Crippen LogP contribution in [-0.4, -0.2) is 22.1 Å². The van der Waals surface area contributed by atoms with Crippen LogP contribution in [0.4, 0.5) is 0 Å². The van der Waals surface area contributed by atoms with E-state index in [2.05, 4.69) is 22.2 Å². The van der Waals surface area contributed by atoms with Crippen molar-refractivity contribution in [3.63, 3.8) is 0 Å². The fraction of sp³-hybridized carbons (Fsp3) is 0.667. The molecule has 3 atom stereocenters. The molecule has 1 aliphatic carbocycles. The summed E-state index contributed by atoms with van der Waals surface area (Å²) in [6.45, 7) is 2.12. The van der Waals surface area contributed by atoms with Crippen LogP contribution >= 0.6 is 0 Å². The summed E-state index contributed by atoms with van der Waals surface area (Å²) in [5, 5.41) is 3.56. The maximum atomic E-state index is 6.11. The normalized spacial score (nSPS) is 27.6. The molecule has 88 valence electrons. The molecule has 0 saturated heterocycles. The number of rotatable bonds is 3. The van der Waals surface area contributed by atoms with E-state index in [4.69, 9.17) is 5.73 Å². The maximum absolute atomic E-state index is 6.11. The quantitative estimate of drug-likeness (QED) is 0.808. The Morgan fingerprint density at radius 3 is 2.88 bits per heavy atom. The van der Waals surface area contributed by atoms with Gasteiger partial charge in [0.2, 0.25) is 0 Å². The topological polar surface area (TPSA) is 63.8 Å². The molecule has 3 N–H and O–H groups in total. The first-order chi connectivity index (χ1) is 7.77. The van der Waals surface area contributed by atoms with Crippen molar-refractivity contribution in [1.82, 2.24) is 15.3 Å². The molecule has 0 radical (unpaired) electrons. The van der Waals surface area contributed by atoms with Gasteiger partial charge in [-0.2, -0.15) is 0 Å². The highest BCUT2D eigenvalue weighted by atomic mass is 15.0. The van der Waals surface area contributed by atoms with Crippen LogP contribution in [0.1, 0.15) is 44.3 Å².